The molecule has 0 saturated heterocycles. The van der Waals surface area contributed by atoms with Gasteiger partial charge in [-0.05, 0) is 37.6 Å². The average molecular weight is 323 g/mol. The normalized spacial score (nSPS) is 11.2. The van der Waals surface area contributed by atoms with Gasteiger partial charge in [0, 0.05) is 5.69 Å². The van der Waals surface area contributed by atoms with Gasteiger partial charge in [0.25, 0.3) is 5.91 Å². The highest BCUT2D eigenvalue weighted by molar-refractivity contribution is 6.00. The number of nitrogen functional groups attached to an aromatic ring is 1. The molecule has 24 heavy (non-hydrogen) atoms. The summed E-state index contributed by atoms with van der Waals surface area (Å²) in [5.74, 6) is -1.20. The highest BCUT2D eigenvalue weighted by atomic mass is 16.5. The monoisotopic (exact) mass is 323 g/mol. The van der Waals surface area contributed by atoms with Crippen LogP contribution in [0.4, 0.5) is 11.4 Å². The molecule has 0 aliphatic rings. The largest absolute Gasteiger partial charge is 0.449 e. The summed E-state index contributed by atoms with van der Waals surface area (Å²) in [5.41, 5.74) is 7.84. The van der Waals surface area contributed by atoms with E-state index in [9.17, 15) is 9.59 Å². The molecule has 0 bridgehead atoms. The Morgan fingerprint density at radius 1 is 1.21 bits per heavy atom. The average Bonchev–Trinajstić information content (AvgIpc) is 2.57. The highest BCUT2D eigenvalue weighted by Gasteiger charge is 2.21. The zero-order valence-electron chi connectivity index (χ0n) is 13.4. The fraction of sp³-hybridized carbons (Fsp3) is 0.167. The Kier molecular flexibility index (Phi) is 5.17. The molecule has 6 nitrogen and oxygen atoms in total. The van der Waals surface area contributed by atoms with Crippen molar-refractivity contribution in [3.05, 3.63) is 59.2 Å². The Morgan fingerprint density at radius 2 is 1.92 bits per heavy atom. The van der Waals surface area contributed by atoms with Gasteiger partial charge in [0.05, 0.1) is 16.8 Å². The summed E-state index contributed by atoms with van der Waals surface area (Å²) in [5, 5.41) is 11.6. The van der Waals surface area contributed by atoms with Crippen molar-refractivity contribution in [3.63, 3.8) is 0 Å². The van der Waals surface area contributed by atoms with Crippen molar-refractivity contribution >= 4 is 23.3 Å². The number of aryl methyl sites for hydroxylation is 1. The number of hydrogen-bond donors (Lipinski definition) is 2. The maximum Gasteiger partial charge on any atom is 0.341 e. The molecule has 0 saturated carbocycles. The van der Waals surface area contributed by atoms with Crippen molar-refractivity contribution in [2.75, 3.05) is 11.1 Å². The van der Waals surface area contributed by atoms with E-state index in [4.69, 9.17) is 15.7 Å². The van der Waals surface area contributed by atoms with Gasteiger partial charge in [0.2, 0.25) is 0 Å². The lowest BCUT2D eigenvalue weighted by molar-refractivity contribution is -0.123. The maximum absolute atomic E-state index is 12.2. The van der Waals surface area contributed by atoms with E-state index in [0.717, 1.165) is 5.56 Å². The number of esters is 1. The fourth-order valence-electron chi connectivity index (χ4n) is 2.06. The molecule has 0 spiro atoms. The third-order valence-electron chi connectivity index (χ3n) is 3.50. The molecule has 2 aromatic carbocycles. The van der Waals surface area contributed by atoms with Crippen LogP contribution < -0.4 is 11.1 Å². The van der Waals surface area contributed by atoms with Gasteiger partial charge in [-0.15, -0.1) is 0 Å². The first-order valence-corrected chi connectivity index (χ1v) is 7.30. The number of nitrogens with two attached hydrogens (primary N) is 1. The quantitative estimate of drug-likeness (QED) is 0.664. The van der Waals surface area contributed by atoms with Crippen LogP contribution in [0.2, 0.25) is 0 Å². The molecule has 3 N–H and O–H groups in total. The number of nitriles is 1. The smallest absolute Gasteiger partial charge is 0.341 e. The molecule has 0 heterocycles. The Labute approximate surface area is 139 Å². The number of anilines is 2. The number of para-hydroxylation sites is 2. The van der Waals surface area contributed by atoms with E-state index < -0.39 is 18.0 Å². The summed E-state index contributed by atoms with van der Waals surface area (Å²) in [6.07, 6.45) is -1.04. The Morgan fingerprint density at radius 3 is 2.62 bits per heavy atom. The van der Waals surface area contributed by atoms with Crippen molar-refractivity contribution in [1.29, 1.82) is 5.26 Å². The molecule has 2 rings (SSSR count). The molecular formula is C18H17N3O3. The standard InChI is InChI=1S/C18H17N3O3/c1-11-6-5-8-14(16(11)20)18(23)24-12(2)17(22)21-15-9-4-3-7-13(15)10-19/h3-9,12H,20H2,1-2H3,(H,21,22)/t12-/m1/s1. The van der Waals surface area contributed by atoms with Crippen molar-refractivity contribution in [3.8, 4) is 6.07 Å². The second-order valence-electron chi connectivity index (χ2n) is 5.23. The molecule has 0 aromatic heterocycles. The molecule has 0 aliphatic carbocycles. The number of carbonyl (C=O) groups is 2. The lowest BCUT2D eigenvalue weighted by Gasteiger charge is -2.15. The molecule has 122 valence electrons. The molecule has 2 aromatic rings. The van der Waals surface area contributed by atoms with Gasteiger partial charge in [0.15, 0.2) is 6.10 Å². The van der Waals surface area contributed by atoms with E-state index in [2.05, 4.69) is 5.32 Å². The Hall–Kier alpha value is -3.33. The first-order valence-electron chi connectivity index (χ1n) is 7.30. The number of ether oxygens (including phenoxy) is 1. The van der Waals surface area contributed by atoms with Gasteiger partial charge in [0.1, 0.15) is 6.07 Å². The van der Waals surface area contributed by atoms with E-state index in [1.54, 1.807) is 49.4 Å². The van der Waals surface area contributed by atoms with Crippen molar-refractivity contribution < 1.29 is 14.3 Å². The van der Waals surface area contributed by atoms with Crippen molar-refractivity contribution in [1.82, 2.24) is 0 Å². The first-order chi connectivity index (χ1) is 11.4. The van der Waals surface area contributed by atoms with E-state index in [1.165, 1.54) is 6.92 Å². The predicted octanol–water partition coefficient (Wildman–Crippen LogP) is 2.63. The summed E-state index contributed by atoms with van der Waals surface area (Å²) in [6, 6.07) is 13.6. The van der Waals surface area contributed by atoms with Gasteiger partial charge in [-0.25, -0.2) is 4.79 Å². The van der Waals surface area contributed by atoms with Gasteiger partial charge < -0.3 is 15.8 Å². The van der Waals surface area contributed by atoms with Crippen LogP contribution in [0.15, 0.2) is 42.5 Å². The predicted molar refractivity (Wildman–Crippen MR) is 90.3 cm³/mol. The highest BCUT2D eigenvalue weighted by Crippen LogP contribution is 2.19. The van der Waals surface area contributed by atoms with Crippen LogP contribution >= 0.6 is 0 Å². The topological polar surface area (TPSA) is 105 Å². The molecule has 0 fully saturated rings. The summed E-state index contributed by atoms with van der Waals surface area (Å²) >= 11 is 0. The minimum absolute atomic E-state index is 0.215. The van der Waals surface area contributed by atoms with Crippen LogP contribution in [-0.4, -0.2) is 18.0 Å². The van der Waals surface area contributed by atoms with Gasteiger partial charge in [-0.2, -0.15) is 5.26 Å². The number of nitrogens with one attached hydrogen (secondary N) is 1. The number of hydrogen-bond acceptors (Lipinski definition) is 5. The number of amides is 1. The van der Waals surface area contributed by atoms with Crippen molar-refractivity contribution in [2.45, 2.75) is 20.0 Å². The number of rotatable bonds is 4. The Balaban J connectivity index is 2.08. The minimum atomic E-state index is -1.04. The Bertz CT molecular complexity index is 824. The van der Waals surface area contributed by atoms with Crippen LogP contribution in [0, 0.1) is 18.3 Å². The zero-order chi connectivity index (χ0) is 17.7. The summed E-state index contributed by atoms with van der Waals surface area (Å²) in [6.45, 7) is 3.23. The summed E-state index contributed by atoms with van der Waals surface area (Å²) in [4.78, 5) is 24.3. The van der Waals surface area contributed by atoms with E-state index >= 15 is 0 Å². The molecular weight excluding hydrogens is 306 g/mol. The fourth-order valence-corrected chi connectivity index (χ4v) is 2.06. The van der Waals surface area contributed by atoms with E-state index in [0.29, 0.717) is 16.9 Å². The van der Waals surface area contributed by atoms with E-state index in [-0.39, 0.29) is 5.56 Å². The molecule has 1 amide bonds. The number of benzene rings is 2. The van der Waals surface area contributed by atoms with Gasteiger partial charge >= 0.3 is 5.97 Å². The second-order valence-corrected chi connectivity index (χ2v) is 5.23. The van der Waals surface area contributed by atoms with Crippen LogP contribution in [0.5, 0.6) is 0 Å². The van der Waals surface area contributed by atoms with Gasteiger partial charge in [-0.1, -0.05) is 24.3 Å². The van der Waals surface area contributed by atoms with Gasteiger partial charge in [-0.3, -0.25) is 4.79 Å². The lowest BCUT2D eigenvalue weighted by atomic mass is 10.1. The number of nitrogens with zero attached hydrogens (tertiary/aromatic N) is 1. The minimum Gasteiger partial charge on any atom is -0.449 e. The SMILES string of the molecule is Cc1cccc(C(=O)O[C@H](C)C(=O)Nc2ccccc2C#N)c1N. The third kappa shape index (κ3) is 3.70. The molecule has 6 heteroatoms. The van der Waals surface area contributed by atoms with Crippen LogP contribution in [0.3, 0.4) is 0 Å². The zero-order valence-corrected chi connectivity index (χ0v) is 13.4. The maximum atomic E-state index is 12.2. The summed E-state index contributed by atoms with van der Waals surface area (Å²) in [7, 11) is 0. The molecule has 0 unspecified atom stereocenters. The third-order valence-corrected chi connectivity index (χ3v) is 3.50. The number of carbonyl (C=O) groups excluding carboxylic acids is 2. The van der Waals surface area contributed by atoms with Crippen LogP contribution in [0.25, 0.3) is 0 Å². The van der Waals surface area contributed by atoms with Crippen molar-refractivity contribution in [2.24, 2.45) is 0 Å². The van der Waals surface area contributed by atoms with Crippen LogP contribution in [0.1, 0.15) is 28.4 Å². The summed E-state index contributed by atoms with van der Waals surface area (Å²) < 4.78 is 5.17. The molecule has 0 radical (unpaired) electrons. The lowest BCUT2D eigenvalue weighted by Crippen LogP contribution is -2.30. The van der Waals surface area contributed by atoms with Crippen LogP contribution in [-0.2, 0) is 9.53 Å². The van der Waals surface area contributed by atoms with E-state index in [1.807, 2.05) is 6.07 Å². The first kappa shape index (κ1) is 17.0. The molecule has 1 atom stereocenters. The molecule has 0 aliphatic heterocycles. The second kappa shape index (κ2) is 7.29.